The first kappa shape index (κ1) is 16.7. The smallest absolute Gasteiger partial charge is 0.287 e. The fourth-order valence-electron chi connectivity index (χ4n) is 4.12. The van der Waals surface area contributed by atoms with E-state index < -0.39 is 0 Å². The van der Waals surface area contributed by atoms with Crippen LogP contribution in [0.4, 0.5) is 10.1 Å². The number of aromatic nitrogens is 3. The lowest BCUT2D eigenvalue weighted by molar-refractivity contribution is -0.00976. The Morgan fingerprint density at radius 3 is 2.89 bits per heavy atom. The summed E-state index contributed by atoms with van der Waals surface area (Å²) in [7, 11) is 1.58. The maximum Gasteiger partial charge on any atom is 0.287 e. The predicted octanol–water partition coefficient (Wildman–Crippen LogP) is 2.18. The second kappa shape index (κ2) is 6.03. The molecule has 140 valence electrons. The summed E-state index contributed by atoms with van der Waals surface area (Å²) >= 11 is 6.24. The molecule has 7 nitrogen and oxygen atoms in total. The van der Waals surface area contributed by atoms with Crippen LogP contribution in [0.1, 0.15) is 12.1 Å². The Morgan fingerprint density at radius 1 is 1.33 bits per heavy atom. The molecule has 2 bridgehead atoms. The van der Waals surface area contributed by atoms with Crippen LogP contribution in [0.3, 0.4) is 0 Å². The Morgan fingerprint density at radius 2 is 2.11 bits per heavy atom. The zero-order valence-electron chi connectivity index (χ0n) is 14.6. The number of rotatable bonds is 3. The third-order valence-corrected chi connectivity index (χ3v) is 5.94. The van der Waals surface area contributed by atoms with Crippen LogP contribution in [-0.2, 0) is 13.6 Å². The van der Waals surface area contributed by atoms with Gasteiger partial charge in [-0.25, -0.2) is 9.07 Å². The number of hydrogen-bond donors (Lipinski definition) is 0. The molecule has 27 heavy (non-hydrogen) atoms. The molecule has 0 amide bonds. The maximum absolute atomic E-state index is 13.3. The third kappa shape index (κ3) is 2.62. The molecular weight excluding hydrogens is 373 g/mol. The SMILES string of the molecule is Cn1ncc(N2CC3CC(C2)N3Cc2noc3cc(F)ccc23)c(Cl)c1=O. The van der Waals surface area contributed by atoms with Crippen molar-refractivity contribution in [2.45, 2.75) is 25.0 Å². The fourth-order valence-corrected chi connectivity index (χ4v) is 4.41. The van der Waals surface area contributed by atoms with Crippen LogP contribution in [0.5, 0.6) is 0 Å². The summed E-state index contributed by atoms with van der Waals surface area (Å²) in [6, 6.07) is 5.18. The summed E-state index contributed by atoms with van der Waals surface area (Å²) in [4.78, 5) is 16.5. The van der Waals surface area contributed by atoms with Crippen LogP contribution in [-0.4, -0.2) is 45.0 Å². The van der Waals surface area contributed by atoms with Crippen molar-refractivity contribution in [2.24, 2.45) is 7.05 Å². The zero-order chi connectivity index (χ0) is 18.7. The zero-order valence-corrected chi connectivity index (χ0v) is 15.4. The lowest BCUT2D eigenvalue weighted by Gasteiger charge is -2.56. The van der Waals surface area contributed by atoms with Gasteiger partial charge in [0.15, 0.2) is 5.58 Å². The summed E-state index contributed by atoms with van der Waals surface area (Å²) in [6.07, 6.45) is 2.75. The van der Waals surface area contributed by atoms with E-state index in [4.69, 9.17) is 16.1 Å². The second-order valence-corrected chi connectivity index (χ2v) is 7.54. The fraction of sp³-hybridized carbons (Fsp3) is 0.389. The van der Waals surface area contributed by atoms with Crippen LogP contribution in [0.2, 0.25) is 5.02 Å². The Kier molecular flexibility index (Phi) is 3.73. The van der Waals surface area contributed by atoms with E-state index in [1.807, 2.05) is 0 Å². The molecule has 5 heterocycles. The molecule has 3 aliphatic heterocycles. The van der Waals surface area contributed by atoms with E-state index in [-0.39, 0.29) is 16.4 Å². The molecule has 3 aliphatic rings. The van der Waals surface area contributed by atoms with Crippen molar-refractivity contribution >= 4 is 28.3 Å². The highest BCUT2D eigenvalue weighted by atomic mass is 35.5. The molecule has 0 N–H and O–H groups in total. The molecule has 2 unspecified atom stereocenters. The van der Waals surface area contributed by atoms with Crippen LogP contribution >= 0.6 is 11.6 Å². The summed E-state index contributed by atoms with van der Waals surface area (Å²) in [5.74, 6) is -0.332. The highest BCUT2D eigenvalue weighted by Gasteiger charge is 2.45. The summed E-state index contributed by atoms with van der Waals surface area (Å²) in [5, 5.41) is 9.27. The van der Waals surface area contributed by atoms with E-state index in [0.717, 1.165) is 30.6 Å². The molecule has 1 aromatic carbocycles. The van der Waals surface area contributed by atoms with Gasteiger partial charge < -0.3 is 9.42 Å². The molecule has 2 aromatic heterocycles. The van der Waals surface area contributed by atoms with Crippen molar-refractivity contribution in [3.05, 3.63) is 51.3 Å². The lowest BCUT2D eigenvalue weighted by atomic mass is 9.87. The van der Waals surface area contributed by atoms with Gasteiger partial charge in [0.05, 0.1) is 11.9 Å². The number of halogens is 2. The molecular formula is C18H17ClFN5O2. The average molecular weight is 390 g/mol. The molecule has 0 saturated carbocycles. The lowest BCUT2D eigenvalue weighted by Crippen LogP contribution is -2.68. The molecule has 2 atom stereocenters. The number of aryl methyl sites for hydroxylation is 1. The minimum Gasteiger partial charge on any atom is -0.366 e. The first-order chi connectivity index (χ1) is 13.0. The van der Waals surface area contributed by atoms with E-state index in [1.165, 1.54) is 16.8 Å². The standard InChI is InChI=1S/C18H17ClFN5O2/c1-23-18(26)17(19)15(6-21-23)24-7-11-5-12(8-24)25(11)9-14-13-3-2-10(20)4-16(13)27-22-14/h2-4,6,11-12H,5,7-9H2,1H3. The molecule has 3 aromatic rings. The van der Waals surface area contributed by atoms with Gasteiger partial charge in [0.25, 0.3) is 5.56 Å². The van der Waals surface area contributed by atoms with Gasteiger partial charge in [0.1, 0.15) is 16.5 Å². The Bertz CT molecular complexity index is 1090. The van der Waals surface area contributed by atoms with E-state index in [1.54, 1.807) is 19.3 Å². The minimum atomic E-state index is -0.332. The molecule has 3 saturated heterocycles. The summed E-state index contributed by atoms with van der Waals surface area (Å²) in [6.45, 7) is 2.20. The Labute approximate surface area is 158 Å². The van der Waals surface area contributed by atoms with Crippen LogP contribution in [0.15, 0.2) is 33.7 Å². The topological polar surface area (TPSA) is 67.4 Å². The molecule has 3 fully saturated rings. The van der Waals surface area contributed by atoms with Gasteiger partial charge >= 0.3 is 0 Å². The molecule has 9 heteroatoms. The number of piperazine rings is 1. The number of fused-ring (bicyclic) bond motifs is 3. The van der Waals surface area contributed by atoms with E-state index in [9.17, 15) is 9.18 Å². The molecule has 0 spiro atoms. The van der Waals surface area contributed by atoms with Gasteiger partial charge in [0, 0.05) is 50.2 Å². The van der Waals surface area contributed by atoms with Gasteiger partial charge in [-0.3, -0.25) is 9.69 Å². The van der Waals surface area contributed by atoms with Crippen molar-refractivity contribution in [1.29, 1.82) is 0 Å². The van der Waals surface area contributed by atoms with Gasteiger partial charge in [-0.15, -0.1) is 0 Å². The van der Waals surface area contributed by atoms with Crippen molar-refractivity contribution in [3.63, 3.8) is 0 Å². The highest BCUT2D eigenvalue weighted by Crippen LogP contribution is 2.37. The number of nitrogens with zero attached hydrogens (tertiary/aromatic N) is 5. The van der Waals surface area contributed by atoms with Gasteiger partial charge in [0.2, 0.25) is 0 Å². The number of benzene rings is 1. The normalized spacial score (nSPS) is 22.3. The molecule has 0 aliphatic carbocycles. The summed E-state index contributed by atoms with van der Waals surface area (Å²) < 4.78 is 19.8. The van der Waals surface area contributed by atoms with E-state index >= 15 is 0 Å². The third-order valence-electron chi connectivity index (χ3n) is 5.59. The van der Waals surface area contributed by atoms with Gasteiger partial charge in [-0.05, 0) is 18.6 Å². The Hall–Kier alpha value is -2.45. The number of piperidine rings is 1. The van der Waals surface area contributed by atoms with Crippen molar-refractivity contribution in [3.8, 4) is 0 Å². The van der Waals surface area contributed by atoms with E-state index in [2.05, 4.69) is 20.1 Å². The average Bonchev–Trinajstić information content (AvgIpc) is 3.06. The highest BCUT2D eigenvalue weighted by molar-refractivity contribution is 6.33. The van der Waals surface area contributed by atoms with Gasteiger partial charge in [-0.2, -0.15) is 5.10 Å². The molecule has 6 rings (SSSR count). The predicted molar refractivity (Wildman–Crippen MR) is 98.4 cm³/mol. The Balaban J connectivity index is 1.35. The molecule has 0 radical (unpaired) electrons. The largest absolute Gasteiger partial charge is 0.366 e. The first-order valence-electron chi connectivity index (χ1n) is 8.77. The number of hydrogen-bond acceptors (Lipinski definition) is 6. The maximum atomic E-state index is 13.3. The van der Waals surface area contributed by atoms with Crippen molar-refractivity contribution < 1.29 is 8.91 Å². The van der Waals surface area contributed by atoms with Gasteiger partial charge in [-0.1, -0.05) is 16.8 Å². The first-order valence-corrected chi connectivity index (χ1v) is 9.15. The second-order valence-electron chi connectivity index (χ2n) is 7.16. The summed E-state index contributed by atoms with van der Waals surface area (Å²) in [5.41, 5.74) is 1.69. The van der Waals surface area contributed by atoms with Crippen molar-refractivity contribution in [2.75, 3.05) is 18.0 Å². The van der Waals surface area contributed by atoms with Crippen molar-refractivity contribution in [1.82, 2.24) is 19.8 Å². The van der Waals surface area contributed by atoms with E-state index in [0.29, 0.717) is 29.9 Å². The monoisotopic (exact) mass is 389 g/mol. The quantitative estimate of drug-likeness (QED) is 0.684. The van der Waals surface area contributed by atoms with Crippen LogP contribution in [0, 0.1) is 5.82 Å². The van der Waals surface area contributed by atoms with Crippen LogP contribution in [0.25, 0.3) is 11.0 Å². The minimum absolute atomic E-state index is 0.213. The van der Waals surface area contributed by atoms with Crippen LogP contribution < -0.4 is 10.5 Å². The number of anilines is 1.